The molecule has 0 unspecified atom stereocenters. The Morgan fingerprint density at radius 2 is 2.05 bits per heavy atom. The third kappa shape index (κ3) is 2.73. The van der Waals surface area contributed by atoms with Crippen molar-refractivity contribution in [1.82, 2.24) is 30.7 Å². The SMILES string of the molecule is O=C(NC1CCN(c2ncccn2)CC1)c1cn[nH]n1. The van der Waals surface area contributed by atoms with Gasteiger partial charge in [0, 0.05) is 31.5 Å². The van der Waals surface area contributed by atoms with E-state index in [1.54, 1.807) is 18.5 Å². The van der Waals surface area contributed by atoms with Crippen LogP contribution in [0.25, 0.3) is 0 Å². The number of hydrogen-bond donors (Lipinski definition) is 2. The Morgan fingerprint density at radius 3 is 2.70 bits per heavy atom. The molecule has 2 aromatic heterocycles. The maximum absolute atomic E-state index is 11.9. The zero-order valence-electron chi connectivity index (χ0n) is 10.9. The van der Waals surface area contributed by atoms with Crippen LogP contribution in [0.3, 0.4) is 0 Å². The molecule has 2 aromatic rings. The van der Waals surface area contributed by atoms with Gasteiger partial charge in [0.15, 0.2) is 5.69 Å². The summed E-state index contributed by atoms with van der Waals surface area (Å²) in [5.41, 5.74) is 0.318. The Balaban J connectivity index is 1.53. The molecule has 8 nitrogen and oxygen atoms in total. The molecule has 3 heterocycles. The van der Waals surface area contributed by atoms with Gasteiger partial charge in [0.1, 0.15) is 0 Å². The van der Waals surface area contributed by atoms with Crippen LogP contribution in [0.1, 0.15) is 23.3 Å². The van der Waals surface area contributed by atoms with Gasteiger partial charge in [-0.3, -0.25) is 4.79 Å². The van der Waals surface area contributed by atoms with Crippen LogP contribution in [0.15, 0.2) is 24.7 Å². The van der Waals surface area contributed by atoms with Gasteiger partial charge in [-0.2, -0.15) is 15.4 Å². The van der Waals surface area contributed by atoms with Gasteiger partial charge in [0.05, 0.1) is 6.20 Å². The molecule has 1 aliphatic rings. The normalized spacial score (nSPS) is 16.1. The summed E-state index contributed by atoms with van der Waals surface area (Å²) in [4.78, 5) is 22.4. The van der Waals surface area contributed by atoms with E-state index in [0.29, 0.717) is 5.69 Å². The minimum atomic E-state index is -0.187. The minimum absolute atomic E-state index is 0.152. The molecule has 0 bridgehead atoms. The van der Waals surface area contributed by atoms with Crippen molar-refractivity contribution in [2.45, 2.75) is 18.9 Å². The molecule has 0 atom stereocenters. The molecular formula is C12H15N7O. The summed E-state index contributed by atoms with van der Waals surface area (Å²) in [6.07, 6.45) is 6.62. The fourth-order valence-corrected chi connectivity index (χ4v) is 2.25. The number of carbonyl (C=O) groups excluding carboxylic acids is 1. The van der Waals surface area contributed by atoms with Gasteiger partial charge >= 0.3 is 0 Å². The quantitative estimate of drug-likeness (QED) is 0.816. The number of H-pyrrole nitrogens is 1. The van der Waals surface area contributed by atoms with E-state index in [9.17, 15) is 4.79 Å². The molecule has 1 saturated heterocycles. The van der Waals surface area contributed by atoms with E-state index < -0.39 is 0 Å². The number of carbonyl (C=O) groups is 1. The maximum Gasteiger partial charge on any atom is 0.273 e. The number of hydrogen-bond acceptors (Lipinski definition) is 6. The first-order valence-electron chi connectivity index (χ1n) is 6.51. The lowest BCUT2D eigenvalue weighted by Crippen LogP contribution is -2.45. The Labute approximate surface area is 115 Å². The molecule has 104 valence electrons. The summed E-state index contributed by atoms with van der Waals surface area (Å²) in [7, 11) is 0. The number of aromatic nitrogens is 5. The van der Waals surface area contributed by atoms with E-state index >= 15 is 0 Å². The number of amides is 1. The largest absolute Gasteiger partial charge is 0.348 e. The lowest BCUT2D eigenvalue weighted by molar-refractivity contribution is 0.0926. The van der Waals surface area contributed by atoms with Gasteiger partial charge in [0.25, 0.3) is 5.91 Å². The summed E-state index contributed by atoms with van der Waals surface area (Å²) in [6, 6.07) is 1.95. The van der Waals surface area contributed by atoms with Crippen LogP contribution in [0.5, 0.6) is 0 Å². The van der Waals surface area contributed by atoms with Crippen LogP contribution in [-0.2, 0) is 0 Å². The molecule has 1 fully saturated rings. The molecule has 0 radical (unpaired) electrons. The van der Waals surface area contributed by atoms with E-state index in [1.165, 1.54) is 6.20 Å². The highest BCUT2D eigenvalue weighted by Crippen LogP contribution is 2.15. The average molecular weight is 273 g/mol. The van der Waals surface area contributed by atoms with Crippen LogP contribution in [0.4, 0.5) is 5.95 Å². The second-order valence-corrected chi connectivity index (χ2v) is 4.64. The number of piperidine rings is 1. The maximum atomic E-state index is 11.9. The van der Waals surface area contributed by atoms with Crippen LogP contribution in [-0.4, -0.2) is 50.4 Å². The Hall–Kier alpha value is -2.51. The number of anilines is 1. The third-order valence-electron chi connectivity index (χ3n) is 3.31. The molecule has 2 N–H and O–H groups in total. The van der Waals surface area contributed by atoms with Crippen molar-refractivity contribution < 1.29 is 4.79 Å². The lowest BCUT2D eigenvalue weighted by Gasteiger charge is -2.32. The van der Waals surface area contributed by atoms with E-state index in [2.05, 4.69) is 35.6 Å². The van der Waals surface area contributed by atoms with Gasteiger partial charge in [-0.05, 0) is 18.9 Å². The molecule has 0 spiro atoms. The molecule has 0 saturated carbocycles. The first kappa shape index (κ1) is 12.5. The smallest absolute Gasteiger partial charge is 0.273 e. The Kier molecular flexibility index (Phi) is 3.53. The number of aromatic amines is 1. The van der Waals surface area contributed by atoms with Crippen molar-refractivity contribution in [3.8, 4) is 0 Å². The highest BCUT2D eigenvalue weighted by Gasteiger charge is 2.23. The van der Waals surface area contributed by atoms with Crippen molar-refractivity contribution in [2.75, 3.05) is 18.0 Å². The van der Waals surface area contributed by atoms with Gasteiger partial charge < -0.3 is 10.2 Å². The van der Waals surface area contributed by atoms with Crippen molar-refractivity contribution in [3.05, 3.63) is 30.4 Å². The van der Waals surface area contributed by atoms with Crippen molar-refractivity contribution in [3.63, 3.8) is 0 Å². The summed E-state index contributed by atoms with van der Waals surface area (Å²) in [6.45, 7) is 1.65. The molecule has 1 amide bonds. The molecule has 20 heavy (non-hydrogen) atoms. The van der Waals surface area contributed by atoms with E-state index in [0.717, 1.165) is 31.9 Å². The van der Waals surface area contributed by atoms with Gasteiger partial charge in [0.2, 0.25) is 5.95 Å². The topological polar surface area (TPSA) is 99.7 Å². The summed E-state index contributed by atoms with van der Waals surface area (Å²) in [5.74, 6) is 0.557. The zero-order valence-corrected chi connectivity index (χ0v) is 10.9. The van der Waals surface area contributed by atoms with Crippen molar-refractivity contribution in [2.24, 2.45) is 0 Å². The molecule has 1 aliphatic heterocycles. The van der Waals surface area contributed by atoms with Crippen LogP contribution in [0.2, 0.25) is 0 Å². The minimum Gasteiger partial charge on any atom is -0.348 e. The highest BCUT2D eigenvalue weighted by molar-refractivity contribution is 5.92. The highest BCUT2D eigenvalue weighted by atomic mass is 16.2. The third-order valence-corrected chi connectivity index (χ3v) is 3.31. The lowest BCUT2D eigenvalue weighted by atomic mass is 10.1. The molecule has 0 aromatic carbocycles. The zero-order chi connectivity index (χ0) is 13.8. The fourth-order valence-electron chi connectivity index (χ4n) is 2.25. The van der Waals surface area contributed by atoms with Gasteiger partial charge in [-0.15, -0.1) is 0 Å². The second kappa shape index (κ2) is 5.64. The van der Waals surface area contributed by atoms with Gasteiger partial charge in [-0.1, -0.05) is 0 Å². The van der Waals surface area contributed by atoms with Crippen LogP contribution < -0.4 is 10.2 Å². The first-order chi connectivity index (χ1) is 9.83. The van der Waals surface area contributed by atoms with E-state index in [4.69, 9.17) is 0 Å². The Morgan fingerprint density at radius 1 is 1.30 bits per heavy atom. The summed E-state index contributed by atoms with van der Waals surface area (Å²) >= 11 is 0. The molecule has 8 heteroatoms. The summed E-state index contributed by atoms with van der Waals surface area (Å²) in [5, 5.41) is 12.8. The monoisotopic (exact) mass is 273 g/mol. The number of nitrogens with zero attached hydrogens (tertiary/aromatic N) is 5. The molecule has 3 rings (SSSR count). The molecular weight excluding hydrogens is 258 g/mol. The van der Waals surface area contributed by atoms with E-state index in [-0.39, 0.29) is 11.9 Å². The van der Waals surface area contributed by atoms with Crippen LogP contribution in [0, 0.1) is 0 Å². The standard InChI is InChI=1S/C12H15N7O/c20-11(10-8-15-18-17-10)16-9-2-6-19(7-3-9)12-13-4-1-5-14-12/h1,4-5,8-9H,2-3,6-7H2,(H,16,20)(H,15,17,18). The van der Waals surface area contributed by atoms with Gasteiger partial charge in [-0.25, -0.2) is 9.97 Å². The fraction of sp³-hybridized carbons (Fsp3) is 0.417. The predicted octanol–water partition coefficient (Wildman–Crippen LogP) is -0.00650. The summed E-state index contributed by atoms with van der Waals surface area (Å²) < 4.78 is 0. The average Bonchev–Trinajstić information content (AvgIpc) is 3.03. The van der Waals surface area contributed by atoms with Crippen LogP contribution >= 0.6 is 0 Å². The van der Waals surface area contributed by atoms with Crippen molar-refractivity contribution >= 4 is 11.9 Å². The second-order valence-electron chi connectivity index (χ2n) is 4.64. The first-order valence-corrected chi connectivity index (χ1v) is 6.51. The van der Waals surface area contributed by atoms with Crippen molar-refractivity contribution in [1.29, 1.82) is 0 Å². The number of rotatable bonds is 3. The number of nitrogens with one attached hydrogen (secondary N) is 2. The van der Waals surface area contributed by atoms with E-state index in [1.807, 2.05) is 0 Å². The molecule has 0 aliphatic carbocycles. The Bertz CT molecular complexity index is 548. The predicted molar refractivity (Wildman–Crippen MR) is 71.1 cm³/mol.